The highest BCUT2D eigenvalue weighted by Gasteiger charge is 2.23. The van der Waals surface area contributed by atoms with Crippen LogP contribution >= 0.6 is 11.6 Å². The Morgan fingerprint density at radius 2 is 1.82 bits per heavy atom. The summed E-state index contributed by atoms with van der Waals surface area (Å²) in [6, 6.07) is 10.1. The molecule has 22 heavy (non-hydrogen) atoms. The largest absolute Gasteiger partial charge is 0.349 e. The predicted octanol–water partition coefficient (Wildman–Crippen LogP) is 2.88. The number of carbonyl (C=O) groups excluding carboxylic acids is 2. The van der Waals surface area contributed by atoms with Crippen LogP contribution in [-0.4, -0.2) is 22.8 Å². The first-order valence-electron chi connectivity index (χ1n) is 6.95. The number of aromatic nitrogens is 1. The molecule has 0 aliphatic heterocycles. The number of halogens is 1. The SMILES string of the molecule is O=C(NC1CC1)c1ccc(NC(=O)c2cc(Cl)ccn2)cc1. The van der Waals surface area contributed by atoms with Crippen molar-refractivity contribution in [3.63, 3.8) is 0 Å². The van der Waals surface area contributed by atoms with Crippen LogP contribution in [0.15, 0.2) is 42.6 Å². The summed E-state index contributed by atoms with van der Waals surface area (Å²) in [4.78, 5) is 27.9. The van der Waals surface area contributed by atoms with Crippen LogP contribution in [0.25, 0.3) is 0 Å². The predicted molar refractivity (Wildman–Crippen MR) is 84.1 cm³/mol. The Bertz CT molecular complexity index is 712. The van der Waals surface area contributed by atoms with Crippen LogP contribution in [0.1, 0.15) is 33.7 Å². The number of amides is 2. The maximum absolute atomic E-state index is 12.0. The monoisotopic (exact) mass is 315 g/mol. The molecule has 1 fully saturated rings. The molecule has 6 heteroatoms. The normalized spacial score (nSPS) is 13.5. The van der Waals surface area contributed by atoms with E-state index in [-0.39, 0.29) is 17.5 Å². The molecule has 1 aliphatic rings. The third kappa shape index (κ3) is 3.62. The standard InChI is InChI=1S/C16H14ClN3O2/c17-11-7-8-18-14(9-11)16(22)20-12-3-1-10(2-4-12)15(21)19-13-5-6-13/h1-4,7-9,13H,5-6H2,(H,19,21)(H,20,22). The highest BCUT2D eigenvalue weighted by molar-refractivity contribution is 6.30. The molecule has 112 valence electrons. The summed E-state index contributed by atoms with van der Waals surface area (Å²) < 4.78 is 0. The molecule has 1 aromatic heterocycles. The van der Waals surface area contributed by atoms with Crippen molar-refractivity contribution in [1.82, 2.24) is 10.3 Å². The van der Waals surface area contributed by atoms with E-state index in [4.69, 9.17) is 11.6 Å². The minimum atomic E-state index is -0.349. The molecule has 0 unspecified atom stereocenters. The van der Waals surface area contributed by atoms with Gasteiger partial charge in [0.05, 0.1) is 0 Å². The van der Waals surface area contributed by atoms with Crippen LogP contribution in [0.5, 0.6) is 0 Å². The summed E-state index contributed by atoms with van der Waals surface area (Å²) in [5, 5.41) is 6.08. The Morgan fingerprint density at radius 1 is 1.09 bits per heavy atom. The van der Waals surface area contributed by atoms with Crippen LogP contribution in [-0.2, 0) is 0 Å². The molecule has 2 N–H and O–H groups in total. The van der Waals surface area contributed by atoms with E-state index in [0.29, 0.717) is 22.3 Å². The van der Waals surface area contributed by atoms with E-state index in [1.54, 1.807) is 30.3 Å². The number of anilines is 1. The number of carbonyl (C=O) groups is 2. The van der Waals surface area contributed by atoms with Crippen molar-refractivity contribution in [2.45, 2.75) is 18.9 Å². The van der Waals surface area contributed by atoms with Crippen molar-refractivity contribution < 1.29 is 9.59 Å². The molecule has 1 heterocycles. The number of rotatable bonds is 4. The fourth-order valence-electron chi connectivity index (χ4n) is 1.93. The summed E-state index contributed by atoms with van der Waals surface area (Å²) in [7, 11) is 0. The van der Waals surface area contributed by atoms with Gasteiger partial charge in [-0.3, -0.25) is 14.6 Å². The van der Waals surface area contributed by atoms with Gasteiger partial charge in [0.15, 0.2) is 0 Å². The Hall–Kier alpha value is -2.40. The van der Waals surface area contributed by atoms with Gasteiger partial charge in [-0.15, -0.1) is 0 Å². The van der Waals surface area contributed by atoms with Crippen molar-refractivity contribution in [3.8, 4) is 0 Å². The van der Waals surface area contributed by atoms with Crippen molar-refractivity contribution in [3.05, 3.63) is 58.9 Å². The fourth-order valence-corrected chi connectivity index (χ4v) is 2.09. The number of hydrogen-bond acceptors (Lipinski definition) is 3. The number of pyridine rings is 1. The van der Waals surface area contributed by atoms with E-state index in [1.165, 1.54) is 12.3 Å². The lowest BCUT2D eigenvalue weighted by Crippen LogP contribution is -2.25. The zero-order valence-electron chi connectivity index (χ0n) is 11.7. The zero-order chi connectivity index (χ0) is 15.5. The number of nitrogens with zero attached hydrogens (tertiary/aromatic N) is 1. The molecule has 0 spiro atoms. The molecule has 3 rings (SSSR count). The van der Waals surface area contributed by atoms with Gasteiger partial charge in [0.2, 0.25) is 0 Å². The van der Waals surface area contributed by atoms with E-state index < -0.39 is 0 Å². The summed E-state index contributed by atoms with van der Waals surface area (Å²) in [5.74, 6) is -0.436. The van der Waals surface area contributed by atoms with Crippen molar-refractivity contribution in [2.24, 2.45) is 0 Å². The highest BCUT2D eigenvalue weighted by atomic mass is 35.5. The number of hydrogen-bond donors (Lipinski definition) is 2. The van der Waals surface area contributed by atoms with Crippen LogP contribution in [0.3, 0.4) is 0 Å². The first-order chi connectivity index (χ1) is 10.6. The third-order valence-electron chi connectivity index (χ3n) is 3.27. The van der Waals surface area contributed by atoms with Gasteiger partial charge < -0.3 is 10.6 Å². The third-order valence-corrected chi connectivity index (χ3v) is 3.51. The van der Waals surface area contributed by atoms with Crippen molar-refractivity contribution in [2.75, 3.05) is 5.32 Å². The highest BCUT2D eigenvalue weighted by Crippen LogP contribution is 2.20. The van der Waals surface area contributed by atoms with Crippen LogP contribution in [0.4, 0.5) is 5.69 Å². The average molecular weight is 316 g/mol. The van der Waals surface area contributed by atoms with E-state index in [1.807, 2.05) is 0 Å². The second kappa shape index (κ2) is 6.15. The van der Waals surface area contributed by atoms with Crippen LogP contribution < -0.4 is 10.6 Å². The Labute approximate surface area is 132 Å². The van der Waals surface area contributed by atoms with Gasteiger partial charge in [-0.2, -0.15) is 0 Å². The van der Waals surface area contributed by atoms with E-state index in [9.17, 15) is 9.59 Å². The lowest BCUT2D eigenvalue weighted by molar-refractivity contribution is 0.0950. The molecule has 2 amide bonds. The summed E-state index contributed by atoms with van der Waals surface area (Å²) in [6.07, 6.45) is 3.57. The van der Waals surface area contributed by atoms with Gasteiger partial charge in [-0.1, -0.05) is 11.6 Å². The molecule has 0 radical (unpaired) electrons. The smallest absolute Gasteiger partial charge is 0.274 e. The lowest BCUT2D eigenvalue weighted by atomic mass is 10.2. The molecule has 1 saturated carbocycles. The van der Waals surface area contributed by atoms with Gasteiger partial charge in [0, 0.05) is 28.5 Å². The average Bonchev–Trinajstić information content (AvgIpc) is 3.32. The summed E-state index contributed by atoms with van der Waals surface area (Å²) in [5.41, 5.74) is 1.41. The summed E-state index contributed by atoms with van der Waals surface area (Å²) in [6.45, 7) is 0. The number of nitrogens with one attached hydrogen (secondary N) is 2. The van der Waals surface area contributed by atoms with E-state index in [2.05, 4.69) is 15.6 Å². The summed E-state index contributed by atoms with van der Waals surface area (Å²) >= 11 is 5.83. The maximum atomic E-state index is 12.0. The maximum Gasteiger partial charge on any atom is 0.274 e. The molecule has 0 atom stereocenters. The second-order valence-corrected chi connectivity index (χ2v) is 5.57. The van der Waals surface area contributed by atoms with Crippen LogP contribution in [0, 0.1) is 0 Å². The molecule has 2 aromatic rings. The topological polar surface area (TPSA) is 71.1 Å². The van der Waals surface area contributed by atoms with Gasteiger partial charge >= 0.3 is 0 Å². The molecule has 1 aromatic carbocycles. The Morgan fingerprint density at radius 3 is 2.45 bits per heavy atom. The van der Waals surface area contributed by atoms with Gasteiger partial charge in [-0.25, -0.2) is 0 Å². The van der Waals surface area contributed by atoms with Crippen molar-refractivity contribution in [1.29, 1.82) is 0 Å². The minimum Gasteiger partial charge on any atom is -0.349 e. The van der Waals surface area contributed by atoms with Crippen molar-refractivity contribution >= 4 is 29.1 Å². The van der Waals surface area contributed by atoms with Gasteiger partial charge in [0.25, 0.3) is 11.8 Å². The number of benzene rings is 1. The Kier molecular flexibility index (Phi) is 4.06. The molecule has 0 saturated heterocycles. The van der Waals surface area contributed by atoms with Crippen LogP contribution in [0.2, 0.25) is 5.02 Å². The molecular weight excluding hydrogens is 302 g/mol. The van der Waals surface area contributed by atoms with Gasteiger partial charge in [0.1, 0.15) is 5.69 Å². The zero-order valence-corrected chi connectivity index (χ0v) is 12.4. The quantitative estimate of drug-likeness (QED) is 0.911. The molecular formula is C16H14ClN3O2. The first kappa shape index (κ1) is 14.5. The molecule has 5 nitrogen and oxygen atoms in total. The van der Waals surface area contributed by atoms with E-state index >= 15 is 0 Å². The molecule has 0 bridgehead atoms. The first-order valence-corrected chi connectivity index (χ1v) is 7.33. The Balaban J connectivity index is 1.65. The molecule has 1 aliphatic carbocycles. The lowest BCUT2D eigenvalue weighted by Gasteiger charge is -2.07. The minimum absolute atomic E-state index is 0.0862. The van der Waals surface area contributed by atoms with E-state index in [0.717, 1.165) is 12.8 Å². The second-order valence-electron chi connectivity index (χ2n) is 5.14. The van der Waals surface area contributed by atoms with Gasteiger partial charge in [-0.05, 0) is 49.2 Å². The fraction of sp³-hybridized carbons (Fsp3) is 0.188.